The first kappa shape index (κ1) is 32.7. The molecule has 0 saturated carbocycles. The quantitative estimate of drug-likeness (QED) is 0.297. The molecule has 2 unspecified atom stereocenters. The third-order valence-corrected chi connectivity index (χ3v) is 7.04. The van der Waals surface area contributed by atoms with Crippen LogP contribution in [0, 0.1) is 11.8 Å². The predicted octanol–water partition coefficient (Wildman–Crippen LogP) is 1.98. The van der Waals surface area contributed by atoms with Crippen molar-refractivity contribution in [3.63, 3.8) is 0 Å². The zero-order valence-electron chi connectivity index (χ0n) is 24.1. The van der Waals surface area contributed by atoms with Crippen molar-refractivity contribution in [1.82, 2.24) is 10.6 Å². The summed E-state index contributed by atoms with van der Waals surface area (Å²) in [5.74, 6) is -2.06. The van der Waals surface area contributed by atoms with Crippen LogP contribution in [-0.4, -0.2) is 74.4 Å². The van der Waals surface area contributed by atoms with Crippen molar-refractivity contribution >= 4 is 23.6 Å². The van der Waals surface area contributed by atoms with Crippen LogP contribution in [0.2, 0.25) is 0 Å². The second kappa shape index (κ2) is 14.7. The van der Waals surface area contributed by atoms with Gasteiger partial charge in [-0.15, -0.1) is 0 Å². The summed E-state index contributed by atoms with van der Waals surface area (Å²) in [6.45, 7) is 6.98. The van der Waals surface area contributed by atoms with Crippen molar-refractivity contribution < 1.29 is 38.5 Å². The van der Waals surface area contributed by atoms with Gasteiger partial charge in [-0.05, 0) is 38.2 Å². The van der Waals surface area contributed by atoms with E-state index >= 15 is 0 Å². The maximum atomic E-state index is 13.4. The average Bonchev–Trinajstić information content (AvgIpc) is 2.90. The molecule has 0 saturated heterocycles. The zero-order chi connectivity index (χ0) is 30.1. The molecule has 6 atom stereocenters. The number of rotatable bonds is 4. The zero-order valence-corrected chi connectivity index (χ0v) is 24.1. The van der Waals surface area contributed by atoms with Gasteiger partial charge >= 0.3 is 6.09 Å². The average molecular weight is 560 g/mol. The fourth-order valence-electron chi connectivity index (χ4n) is 4.86. The summed E-state index contributed by atoms with van der Waals surface area (Å²) in [5.41, 5.74) is 6.47. The van der Waals surface area contributed by atoms with E-state index in [0.717, 1.165) is 6.08 Å². The molecule has 0 aromatic carbocycles. The van der Waals surface area contributed by atoms with E-state index < -0.39 is 53.9 Å². The number of allylic oxidation sites excluding steroid dienone is 4. The topological polar surface area (TPSA) is 166 Å². The van der Waals surface area contributed by atoms with E-state index in [1.54, 1.807) is 46.0 Å². The molecule has 1 heterocycles. The Morgan fingerprint density at radius 2 is 1.82 bits per heavy atom. The van der Waals surface area contributed by atoms with Gasteiger partial charge in [-0.3, -0.25) is 14.4 Å². The van der Waals surface area contributed by atoms with E-state index in [4.69, 9.17) is 19.9 Å². The molecule has 2 amide bonds. The van der Waals surface area contributed by atoms with Gasteiger partial charge < -0.3 is 35.7 Å². The first-order chi connectivity index (χ1) is 18.8. The fraction of sp³-hybridized carbons (Fsp3) is 0.517. The molecular formula is C29H41N3O8. The van der Waals surface area contributed by atoms with Crippen molar-refractivity contribution in [2.24, 2.45) is 17.6 Å². The minimum atomic E-state index is -0.997. The Labute approximate surface area is 235 Å². The van der Waals surface area contributed by atoms with E-state index in [1.807, 2.05) is 6.92 Å². The van der Waals surface area contributed by atoms with Gasteiger partial charge in [-0.25, -0.2) is 4.79 Å². The number of methoxy groups -OCH3 is 2. The van der Waals surface area contributed by atoms with Crippen LogP contribution in [0.1, 0.15) is 40.5 Å². The highest BCUT2D eigenvalue weighted by Gasteiger charge is 2.33. The number of ether oxygens (including phenoxy) is 3. The molecule has 0 spiro atoms. The summed E-state index contributed by atoms with van der Waals surface area (Å²) in [4.78, 5) is 50.7. The van der Waals surface area contributed by atoms with Crippen molar-refractivity contribution in [1.29, 1.82) is 0 Å². The van der Waals surface area contributed by atoms with Gasteiger partial charge in [0.05, 0.1) is 23.6 Å². The Morgan fingerprint density at radius 1 is 1.15 bits per heavy atom. The Bertz CT molecular complexity index is 1150. The van der Waals surface area contributed by atoms with Crippen molar-refractivity contribution in [2.45, 2.75) is 65.0 Å². The molecule has 11 heteroatoms. The molecule has 220 valence electrons. The Hall–Kier alpha value is -3.54. The van der Waals surface area contributed by atoms with Crippen LogP contribution in [0.5, 0.6) is 0 Å². The lowest BCUT2D eigenvalue weighted by atomic mass is 9.85. The van der Waals surface area contributed by atoms with Gasteiger partial charge in [0.2, 0.25) is 11.6 Å². The third kappa shape index (κ3) is 8.23. The number of hydrogen-bond acceptors (Lipinski definition) is 9. The Balaban J connectivity index is 2.60. The minimum Gasteiger partial charge on any atom is -0.439 e. The van der Waals surface area contributed by atoms with E-state index in [2.05, 4.69) is 10.6 Å². The number of amides is 2. The lowest BCUT2D eigenvalue weighted by Gasteiger charge is -2.30. The number of likely N-dealkylation sites (N-methyl/N-ethyl adjacent to an activating group) is 1. The van der Waals surface area contributed by atoms with Crippen LogP contribution in [0.3, 0.4) is 0 Å². The largest absolute Gasteiger partial charge is 0.439 e. The summed E-state index contributed by atoms with van der Waals surface area (Å²) < 4.78 is 16.5. The van der Waals surface area contributed by atoms with E-state index in [0.29, 0.717) is 12.0 Å². The van der Waals surface area contributed by atoms with Crippen LogP contribution < -0.4 is 16.4 Å². The molecule has 0 aromatic heterocycles. The molecule has 2 aliphatic rings. The van der Waals surface area contributed by atoms with Crippen LogP contribution >= 0.6 is 0 Å². The first-order valence-electron chi connectivity index (χ1n) is 13.1. The van der Waals surface area contributed by atoms with E-state index in [-0.39, 0.29) is 34.9 Å². The number of nitrogens with two attached hydrogens (primary N) is 1. The normalized spacial score (nSPS) is 32.7. The highest BCUT2D eigenvalue weighted by atomic mass is 16.6. The SMILES string of the molecule is CNC1=C2CC(C)CC(OC)[C@@H](O)[C@H](C)/C=C(\C)[C@@H](OC(N)=O)[C@H](OC)/C=C\C=C(/C)C(=O)NC(=CC1=O)C2=O. The van der Waals surface area contributed by atoms with Crippen LogP contribution in [0.15, 0.2) is 58.5 Å². The molecule has 1 aliphatic carbocycles. The lowest BCUT2D eigenvalue weighted by Crippen LogP contribution is -2.37. The second-order valence-electron chi connectivity index (χ2n) is 10.2. The molecule has 2 bridgehead atoms. The predicted molar refractivity (Wildman–Crippen MR) is 149 cm³/mol. The van der Waals surface area contributed by atoms with Gasteiger partial charge in [0, 0.05) is 44.4 Å². The van der Waals surface area contributed by atoms with Crippen molar-refractivity contribution in [2.75, 3.05) is 21.3 Å². The molecule has 0 radical (unpaired) electrons. The van der Waals surface area contributed by atoms with Gasteiger partial charge in [0.25, 0.3) is 5.91 Å². The van der Waals surface area contributed by atoms with Gasteiger partial charge in [0.15, 0.2) is 6.10 Å². The standard InChI is InChI=1S/C29H41N3O8/c1-15-11-19-24(31-5)21(33)14-20(26(19)35)32-28(36)16(2)9-8-10-22(38-6)27(40-29(30)37)18(4)13-17(3)25(34)23(12-15)39-7/h8-10,13-15,17,22-23,25,27,31,34H,11-12H2,1-7H3,(H2,30,37)(H,32,36)/b10-8-,16-9+,18-13+/t15?,17-,22-,23?,25+,27-/m1/s1. The number of primary amides is 1. The molecule has 5 N–H and O–H groups in total. The molecule has 1 aliphatic heterocycles. The highest BCUT2D eigenvalue weighted by Crippen LogP contribution is 2.28. The molecule has 0 aromatic rings. The number of hydrogen-bond donors (Lipinski definition) is 4. The molecule has 40 heavy (non-hydrogen) atoms. The number of carbonyl (C=O) groups is 4. The Morgan fingerprint density at radius 3 is 2.40 bits per heavy atom. The fourth-order valence-corrected chi connectivity index (χ4v) is 4.86. The third-order valence-electron chi connectivity index (χ3n) is 7.04. The van der Waals surface area contributed by atoms with Crippen LogP contribution in [0.4, 0.5) is 4.79 Å². The van der Waals surface area contributed by atoms with Crippen molar-refractivity contribution in [3.8, 4) is 0 Å². The van der Waals surface area contributed by atoms with Gasteiger partial charge in [0.1, 0.15) is 6.10 Å². The molecular weight excluding hydrogens is 518 g/mol. The van der Waals surface area contributed by atoms with E-state index in [9.17, 15) is 24.3 Å². The van der Waals surface area contributed by atoms with Gasteiger partial charge in [-0.1, -0.05) is 38.2 Å². The van der Waals surface area contributed by atoms with Crippen LogP contribution in [0.25, 0.3) is 0 Å². The number of aliphatic hydroxyl groups is 1. The first-order valence-corrected chi connectivity index (χ1v) is 13.1. The minimum absolute atomic E-state index is 0.118. The molecule has 0 fully saturated rings. The smallest absolute Gasteiger partial charge is 0.405 e. The summed E-state index contributed by atoms with van der Waals surface area (Å²) in [6, 6.07) is 0. The summed E-state index contributed by atoms with van der Waals surface area (Å²) >= 11 is 0. The molecule has 2 rings (SSSR count). The number of carbonyl (C=O) groups excluding carboxylic acids is 4. The van der Waals surface area contributed by atoms with Gasteiger partial charge in [-0.2, -0.15) is 0 Å². The number of ketones is 2. The number of nitrogens with one attached hydrogen (secondary N) is 2. The van der Waals surface area contributed by atoms with Crippen LogP contribution in [-0.2, 0) is 28.6 Å². The van der Waals surface area contributed by atoms with Crippen molar-refractivity contribution in [3.05, 3.63) is 58.5 Å². The number of aliphatic hydroxyl groups excluding tert-OH is 1. The lowest BCUT2D eigenvalue weighted by molar-refractivity contribution is -0.120. The van der Waals surface area contributed by atoms with E-state index in [1.165, 1.54) is 20.3 Å². The Kier molecular flexibility index (Phi) is 12.0. The second-order valence-corrected chi connectivity index (χ2v) is 10.2. The molecule has 11 nitrogen and oxygen atoms in total. The maximum absolute atomic E-state index is 13.4. The maximum Gasteiger partial charge on any atom is 0.405 e. The summed E-state index contributed by atoms with van der Waals surface area (Å²) in [5, 5.41) is 16.5. The highest BCUT2D eigenvalue weighted by molar-refractivity contribution is 6.23. The monoisotopic (exact) mass is 559 g/mol. The summed E-state index contributed by atoms with van der Waals surface area (Å²) in [6.07, 6.45) is 3.86. The number of fused-ring (bicyclic) bond motifs is 2. The number of Topliss-reactive ketones (excluding diaryl/α,β-unsaturated/α-hetero) is 1. The summed E-state index contributed by atoms with van der Waals surface area (Å²) in [7, 11) is 4.48.